The van der Waals surface area contributed by atoms with Gasteiger partial charge in [-0.15, -0.1) is 0 Å². The first kappa shape index (κ1) is 17.6. The number of nitrogens with one attached hydrogen (secondary N) is 1. The number of rotatable bonds is 5. The molecule has 1 amide bonds. The average molecular weight is 372 g/mol. The fourth-order valence-corrected chi connectivity index (χ4v) is 3.89. The lowest BCUT2D eigenvalue weighted by molar-refractivity contribution is 0.194. The summed E-state index contributed by atoms with van der Waals surface area (Å²) in [7, 11) is -3.90. The summed E-state index contributed by atoms with van der Waals surface area (Å²) in [5.74, 6) is 0. The average Bonchev–Trinajstić information content (AvgIpc) is 3.06. The number of carbonyl (C=O) groups is 1. The second-order valence-electron chi connectivity index (χ2n) is 5.52. The monoisotopic (exact) mass is 372 g/mol. The molecule has 9 heteroatoms. The van der Waals surface area contributed by atoms with E-state index in [-0.39, 0.29) is 11.4 Å². The van der Waals surface area contributed by atoms with E-state index in [9.17, 15) is 13.2 Å². The van der Waals surface area contributed by atoms with Crippen LogP contribution in [0.1, 0.15) is 11.3 Å². The highest BCUT2D eigenvalue weighted by Gasteiger charge is 2.23. The highest BCUT2D eigenvalue weighted by Crippen LogP contribution is 2.28. The zero-order valence-corrected chi connectivity index (χ0v) is 14.6. The summed E-state index contributed by atoms with van der Waals surface area (Å²) in [5, 5.41) is 11.0. The van der Waals surface area contributed by atoms with Crippen LogP contribution in [-0.2, 0) is 16.6 Å². The van der Waals surface area contributed by atoms with Crippen molar-refractivity contribution in [1.82, 2.24) is 19.3 Å². The van der Waals surface area contributed by atoms with E-state index in [0.717, 1.165) is 3.97 Å². The molecule has 134 valence electrons. The van der Waals surface area contributed by atoms with Gasteiger partial charge in [0.1, 0.15) is 4.90 Å². The number of hydrogen-bond acceptors (Lipinski definition) is 5. The summed E-state index contributed by atoms with van der Waals surface area (Å²) in [6.45, 7) is 1.76. The van der Waals surface area contributed by atoms with Gasteiger partial charge in [-0.1, -0.05) is 0 Å². The van der Waals surface area contributed by atoms with Gasteiger partial charge in [0.15, 0.2) is 0 Å². The van der Waals surface area contributed by atoms with Crippen LogP contribution in [0.5, 0.6) is 0 Å². The standard InChI is InChI=1S/C17H16N4O4S/c1-12-15(5-3-7-19-12)16-8-13(9-20-17(22)23)11-21(16)26(24,25)14-4-2-6-18-10-14/h2-8,10-11,20H,9H2,1H3,(H,22,23). The van der Waals surface area contributed by atoms with Crippen molar-refractivity contribution in [3.8, 4) is 11.3 Å². The third kappa shape index (κ3) is 3.42. The van der Waals surface area contributed by atoms with Gasteiger partial charge >= 0.3 is 6.09 Å². The predicted molar refractivity (Wildman–Crippen MR) is 94.1 cm³/mol. The Morgan fingerprint density at radius 1 is 1.27 bits per heavy atom. The normalized spacial score (nSPS) is 11.3. The minimum atomic E-state index is -3.90. The number of hydrogen-bond donors (Lipinski definition) is 2. The van der Waals surface area contributed by atoms with Gasteiger partial charge in [0, 0.05) is 42.6 Å². The maximum atomic E-state index is 13.1. The molecule has 3 aromatic rings. The maximum Gasteiger partial charge on any atom is 0.404 e. The Bertz CT molecular complexity index is 1050. The van der Waals surface area contributed by atoms with E-state index in [1.54, 1.807) is 31.3 Å². The second kappa shape index (κ2) is 6.96. The minimum absolute atomic E-state index is 0.0167. The van der Waals surface area contributed by atoms with Crippen LogP contribution in [0, 0.1) is 6.92 Å². The molecule has 8 nitrogen and oxygen atoms in total. The largest absolute Gasteiger partial charge is 0.465 e. The Balaban J connectivity index is 2.17. The Labute approximate surface area is 150 Å². The summed E-state index contributed by atoms with van der Waals surface area (Å²) < 4.78 is 27.2. The summed E-state index contributed by atoms with van der Waals surface area (Å²) in [6.07, 6.45) is 4.59. The van der Waals surface area contributed by atoms with Crippen LogP contribution in [0.3, 0.4) is 0 Å². The number of aryl methyl sites for hydroxylation is 1. The van der Waals surface area contributed by atoms with Gasteiger partial charge in [-0.3, -0.25) is 9.97 Å². The molecule has 26 heavy (non-hydrogen) atoms. The van der Waals surface area contributed by atoms with Crippen LogP contribution in [0.4, 0.5) is 4.79 Å². The topological polar surface area (TPSA) is 114 Å². The Kier molecular flexibility index (Phi) is 4.72. The molecule has 3 heterocycles. The molecule has 0 aliphatic carbocycles. The fourth-order valence-electron chi connectivity index (χ4n) is 2.53. The molecule has 0 bridgehead atoms. The zero-order valence-electron chi connectivity index (χ0n) is 13.8. The summed E-state index contributed by atoms with van der Waals surface area (Å²) >= 11 is 0. The maximum absolute atomic E-state index is 13.1. The third-order valence-electron chi connectivity index (χ3n) is 3.76. The van der Waals surface area contributed by atoms with Gasteiger partial charge < -0.3 is 10.4 Å². The molecule has 0 radical (unpaired) electrons. The molecule has 0 saturated heterocycles. The van der Waals surface area contributed by atoms with E-state index in [2.05, 4.69) is 15.3 Å². The SMILES string of the molecule is Cc1ncccc1-c1cc(CNC(=O)O)cn1S(=O)(=O)c1cccnc1. The van der Waals surface area contributed by atoms with Crippen molar-refractivity contribution >= 4 is 16.1 Å². The zero-order chi connectivity index (χ0) is 18.7. The summed E-state index contributed by atoms with van der Waals surface area (Å²) in [5.41, 5.74) is 2.22. The summed E-state index contributed by atoms with van der Waals surface area (Å²) in [4.78, 5) is 18.9. The number of pyridine rings is 2. The molecule has 0 saturated carbocycles. The van der Waals surface area contributed by atoms with Gasteiger partial charge in [-0.2, -0.15) is 0 Å². The Hall–Kier alpha value is -3.20. The van der Waals surface area contributed by atoms with Gasteiger partial charge in [0.2, 0.25) is 0 Å². The van der Waals surface area contributed by atoms with Crippen LogP contribution in [0.2, 0.25) is 0 Å². The van der Waals surface area contributed by atoms with Gasteiger partial charge in [-0.25, -0.2) is 17.2 Å². The molecular weight excluding hydrogens is 356 g/mol. The van der Waals surface area contributed by atoms with Gasteiger partial charge in [0.05, 0.1) is 5.69 Å². The first-order valence-corrected chi connectivity index (χ1v) is 9.09. The van der Waals surface area contributed by atoms with E-state index in [4.69, 9.17) is 5.11 Å². The molecule has 0 atom stereocenters. The molecule has 3 aromatic heterocycles. The van der Waals surface area contributed by atoms with Crippen LogP contribution in [-0.4, -0.2) is 33.6 Å². The molecule has 0 aliphatic rings. The Morgan fingerprint density at radius 2 is 2.04 bits per heavy atom. The molecular formula is C17H16N4O4S. The van der Waals surface area contributed by atoms with Crippen molar-refractivity contribution in [3.05, 3.63) is 66.4 Å². The van der Waals surface area contributed by atoms with Gasteiger partial charge in [-0.05, 0) is 42.8 Å². The highest BCUT2D eigenvalue weighted by molar-refractivity contribution is 7.90. The quantitative estimate of drug-likeness (QED) is 0.710. The van der Waals surface area contributed by atoms with E-state index in [1.807, 2.05) is 0 Å². The van der Waals surface area contributed by atoms with E-state index < -0.39 is 16.1 Å². The molecule has 0 unspecified atom stereocenters. The molecule has 0 fully saturated rings. The van der Waals surface area contributed by atoms with Crippen molar-refractivity contribution in [3.63, 3.8) is 0 Å². The lowest BCUT2D eigenvalue weighted by atomic mass is 10.1. The lowest BCUT2D eigenvalue weighted by Crippen LogP contribution is -2.19. The van der Waals surface area contributed by atoms with E-state index >= 15 is 0 Å². The minimum Gasteiger partial charge on any atom is -0.465 e. The lowest BCUT2D eigenvalue weighted by Gasteiger charge is -2.11. The van der Waals surface area contributed by atoms with Crippen LogP contribution in [0.15, 0.2) is 60.0 Å². The fraction of sp³-hybridized carbons (Fsp3) is 0.118. The second-order valence-corrected chi connectivity index (χ2v) is 7.33. The summed E-state index contributed by atoms with van der Waals surface area (Å²) in [6, 6.07) is 8.11. The molecule has 2 N–H and O–H groups in total. The molecule has 0 spiro atoms. The number of amides is 1. The first-order chi connectivity index (χ1) is 12.4. The van der Waals surface area contributed by atoms with Crippen LogP contribution >= 0.6 is 0 Å². The van der Waals surface area contributed by atoms with Crippen LogP contribution < -0.4 is 5.32 Å². The van der Waals surface area contributed by atoms with Crippen LogP contribution in [0.25, 0.3) is 11.3 Å². The number of carboxylic acid groups (broad SMARTS) is 1. The van der Waals surface area contributed by atoms with Crippen molar-refractivity contribution in [2.75, 3.05) is 0 Å². The molecule has 3 rings (SSSR count). The Morgan fingerprint density at radius 3 is 2.69 bits per heavy atom. The third-order valence-corrected chi connectivity index (χ3v) is 5.42. The van der Waals surface area contributed by atoms with Crippen molar-refractivity contribution in [2.45, 2.75) is 18.4 Å². The molecule has 0 aliphatic heterocycles. The first-order valence-electron chi connectivity index (χ1n) is 7.65. The van der Waals surface area contributed by atoms with E-state index in [1.165, 1.54) is 30.7 Å². The van der Waals surface area contributed by atoms with Crippen molar-refractivity contribution in [2.24, 2.45) is 0 Å². The van der Waals surface area contributed by atoms with E-state index in [0.29, 0.717) is 22.5 Å². The predicted octanol–water partition coefficient (Wildman–Crippen LogP) is 2.26. The highest BCUT2D eigenvalue weighted by atomic mass is 32.2. The van der Waals surface area contributed by atoms with Gasteiger partial charge in [0.25, 0.3) is 10.0 Å². The van der Waals surface area contributed by atoms with Crippen molar-refractivity contribution in [1.29, 1.82) is 0 Å². The van der Waals surface area contributed by atoms with Crippen molar-refractivity contribution < 1.29 is 18.3 Å². The number of nitrogens with zero attached hydrogens (tertiary/aromatic N) is 3. The smallest absolute Gasteiger partial charge is 0.404 e. The number of aromatic nitrogens is 3. The molecule has 0 aromatic carbocycles.